The van der Waals surface area contributed by atoms with E-state index < -0.39 is 10.0 Å². The molecule has 114 valence electrons. The van der Waals surface area contributed by atoms with Crippen LogP contribution >= 0.6 is 0 Å². The molecule has 0 amide bonds. The molecule has 0 aliphatic heterocycles. The molecule has 0 bridgehead atoms. The zero-order valence-electron chi connectivity index (χ0n) is 12.0. The molecule has 0 atom stereocenters. The van der Waals surface area contributed by atoms with Gasteiger partial charge in [-0.3, -0.25) is 4.68 Å². The number of rotatable bonds is 5. The van der Waals surface area contributed by atoms with Crippen molar-refractivity contribution in [3.05, 3.63) is 29.9 Å². The number of hydrogen-bond acceptors (Lipinski definition) is 5. The minimum atomic E-state index is -3.69. The molecule has 2 N–H and O–H groups in total. The number of aromatic nitrogens is 2. The fourth-order valence-electron chi connectivity index (χ4n) is 2.38. The minimum absolute atomic E-state index is 0.0131. The van der Waals surface area contributed by atoms with Gasteiger partial charge in [0.1, 0.15) is 10.7 Å². The molecule has 0 spiro atoms. The Balaban J connectivity index is 2.01. The highest BCUT2D eigenvalue weighted by Crippen LogP contribution is 2.35. The molecule has 2 aromatic heterocycles. The number of anilines is 1. The van der Waals surface area contributed by atoms with Gasteiger partial charge in [0, 0.05) is 13.1 Å². The summed E-state index contributed by atoms with van der Waals surface area (Å²) in [6, 6.07) is 3.53. The van der Waals surface area contributed by atoms with Crippen molar-refractivity contribution in [1.29, 1.82) is 0 Å². The van der Waals surface area contributed by atoms with Gasteiger partial charge in [0.25, 0.3) is 0 Å². The second-order valence-electron chi connectivity index (χ2n) is 5.28. The van der Waals surface area contributed by atoms with E-state index in [-0.39, 0.29) is 23.3 Å². The van der Waals surface area contributed by atoms with E-state index >= 15 is 0 Å². The average Bonchev–Trinajstić information content (AvgIpc) is 3.03. The van der Waals surface area contributed by atoms with Crippen LogP contribution in [0.4, 0.5) is 5.82 Å². The zero-order chi connectivity index (χ0) is 15.2. The summed E-state index contributed by atoms with van der Waals surface area (Å²) in [5.41, 5.74) is 6.34. The van der Waals surface area contributed by atoms with Crippen LogP contribution in [0, 0.1) is 6.92 Å². The Bertz CT molecular complexity index is 745. The number of hydrogen-bond donors (Lipinski definition) is 1. The van der Waals surface area contributed by atoms with Crippen LogP contribution in [0.15, 0.2) is 27.7 Å². The lowest BCUT2D eigenvalue weighted by Crippen LogP contribution is -2.33. The van der Waals surface area contributed by atoms with Crippen LogP contribution in [-0.4, -0.2) is 28.5 Å². The molecule has 0 aromatic carbocycles. The van der Waals surface area contributed by atoms with Gasteiger partial charge in [0.05, 0.1) is 18.5 Å². The quantitative estimate of drug-likeness (QED) is 0.897. The van der Waals surface area contributed by atoms with E-state index in [9.17, 15) is 8.42 Å². The van der Waals surface area contributed by atoms with E-state index in [4.69, 9.17) is 10.2 Å². The average molecular weight is 310 g/mol. The van der Waals surface area contributed by atoms with Gasteiger partial charge in [0.2, 0.25) is 10.0 Å². The highest BCUT2D eigenvalue weighted by atomic mass is 32.2. The van der Waals surface area contributed by atoms with Gasteiger partial charge >= 0.3 is 0 Å². The first-order chi connectivity index (χ1) is 9.91. The number of sulfonamides is 1. The lowest BCUT2D eigenvalue weighted by Gasteiger charge is -2.20. The third-order valence-electron chi connectivity index (χ3n) is 3.72. The van der Waals surface area contributed by atoms with Crippen LogP contribution in [0.5, 0.6) is 0 Å². The van der Waals surface area contributed by atoms with Crippen molar-refractivity contribution >= 4 is 15.8 Å². The van der Waals surface area contributed by atoms with Gasteiger partial charge in [-0.1, -0.05) is 0 Å². The fourth-order valence-corrected chi connectivity index (χ4v) is 4.32. The second kappa shape index (κ2) is 4.88. The van der Waals surface area contributed by atoms with E-state index in [1.165, 1.54) is 15.3 Å². The molecule has 2 heterocycles. The van der Waals surface area contributed by atoms with Gasteiger partial charge in [-0.2, -0.15) is 9.40 Å². The third-order valence-corrected chi connectivity index (χ3v) is 5.78. The molecular formula is C13H18N4O3S. The van der Waals surface area contributed by atoms with Gasteiger partial charge in [-0.05, 0) is 31.9 Å². The maximum Gasteiger partial charge on any atom is 0.249 e. The molecule has 8 heteroatoms. The van der Waals surface area contributed by atoms with Crippen LogP contribution in [0.1, 0.15) is 24.3 Å². The van der Waals surface area contributed by atoms with E-state index in [0.717, 1.165) is 12.8 Å². The summed E-state index contributed by atoms with van der Waals surface area (Å²) in [6.45, 7) is 1.92. The highest BCUT2D eigenvalue weighted by Gasteiger charge is 2.41. The van der Waals surface area contributed by atoms with Gasteiger partial charge < -0.3 is 10.2 Å². The fraction of sp³-hybridized carbons (Fsp3) is 0.462. The van der Waals surface area contributed by atoms with Crippen molar-refractivity contribution in [2.24, 2.45) is 7.05 Å². The van der Waals surface area contributed by atoms with E-state index in [2.05, 4.69) is 5.10 Å². The Labute approximate surface area is 123 Å². The summed E-state index contributed by atoms with van der Waals surface area (Å²) in [5, 5.41) is 4.00. The van der Waals surface area contributed by atoms with Crippen LogP contribution in [-0.2, 0) is 23.6 Å². The molecule has 0 saturated heterocycles. The maximum absolute atomic E-state index is 12.9. The molecular weight excluding hydrogens is 292 g/mol. The van der Waals surface area contributed by atoms with Crippen LogP contribution in [0.2, 0.25) is 0 Å². The molecule has 1 aliphatic rings. The van der Waals surface area contributed by atoms with Crippen LogP contribution in [0.3, 0.4) is 0 Å². The molecule has 1 saturated carbocycles. The Morgan fingerprint density at radius 3 is 2.71 bits per heavy atom. The molecule has 3 rings (SSSR count). The lowest BCUT2D eigenvalue weighted by molar-refractivity contribution is 0.356. The first kappa shape index (κ1) is 14.2. The van der Waals surface area contributed by atoms with Crippen molar-refractivity contribution in [3.63, 3.8) is 0 Å². The molecule has 1 aliphatic carbocycles. The Morgan fingerprint density at radius 1 is 1.52 bits per heavy atom. The number of nitrogen functional groups attached to an aromatic ring is 1. The summed E-state index contributed by atoms with van der Waals surface area (Å²) < 4.78 is 34.1. The van der Waals surface area contributed by atoms with E-state index in [0.29, 0.717) is 11.5 Å². The van der Waals surface area contributed by atoms with Gasteiger partial charge in [0.15, 0.2) is 5.82 Å². The topological polar surface area (TPSA) is 94.4 Å². The van der Waals surface area contributed by atoms with Crippen molar-refractivity contribution < 1.29 is 12.8 Å². The summed E-state index contributed by atoms with van der Waals surface area (Å²) in [4.78, 5) is 0.100. The normalized spacial score (nSPS) is 15.8. The van der Waals surface area contributed by atoms with Crippen molar-refractivity contribution in [1.82, 2.24) is 14.1 Å². The molecule has 21 heavy (non-hydrogen) atoms. The number of aryl methyl sites for hydroxylation is 1. The van der Waals surface area contributed by atoms with E-state index in [1.807, 2.05) is 0 Å². The predicted octanol–water partition coefficient (Wildman–Crippen LogP) is 1.26. The van der Waals surface area contributed by atoms with Gasteiger partial charge in [-0.15, -0.1) is 0 Å². The molecule has 0 radical (unpaired) electrons. The van der Waals surface area contributed by atoms with Crippen molar-refractivity contribution in [3.8, 4) is 0 Å². The first-order valence-electron chi connectivity index (χ1n) is 6.74. The number of nitrogens with two attached hydrogens (primary N) is 1. The predicted molar refractivity (Wildman–Crippen MR) is 76.8 cm³/mol. The Kier molecular flexibility index (Phi) is 3.29. The van der Waals surface area contributed by atoms with E-state index in [1.54, 1.807) is 26.1 Å². The van der Waals surface area contributed by atoms with Crippen molar-refractivity contribution in [2.45, 2.75) is 37.2 Å². The largest absolute Gasteiger partial charge is 0.468 e. The van der Waals surface area contributed by atoms with Crippen LogP contribution < -0.4 is 5.73 Å². The zero-order valence-corrected chi connectivity index (χ0v) is 12.8. The summed E-state index contributed by atoms with van der Waals surface area (Å²) >= 11 is 0. The minimum Gasteiger partial charge on any atom is -0.468 e. The molecule has 1 fully saturated rings. The summed E-state index contributed by atoms with van der Waals surface area (Å²) in [7, 11) is -2.01. The lowest BCUT2D eigenvalue weighted by atomic mass is 10.4. The summed E-state index contributed by atoms with van der Waals surface area (Å²) in [5.74, 6) is 0.658. The Morgan fingerprint density at radius 2 is 2.24 bits per heavy atom. The van der Waals surface area contributed by atoms with Gasteiger partial charge in [-0.25, -0.2) is 8.42 Å². The van der Waals surface area contributed by atoms with Crippen LogP contribution in [0.25, 0.3) is 0 Å². The molecule has 0 unspecified atom stereocenters. The SMILES string of the molecule is Cc1c(S(=O)(=O)N(Cc2ccco2)C2CC2)c(N)nn1C. The van der Waals surface area contributed by atoms with Crippen molar-refractivity contribution in [2.75, 3.05) is 5.73 Å². The maximum atomic E-state index is 12.9. The Hall–Kier alpha value is -1.80. The second-order valence-corrected chi connectivity index (χ2v) is 7.11. The highest BCUT2D eigenvalue weighted by molar-refractivity contribution is 7.89. The standard InChI is InChI=1S/C13H18N4O3S/c1-9-12(13(14)15-16(9)2)21(18,19)17(10-5-6-10)8-11-4-3-7-20-11/h3-4,7,10H,5-6,8H2,1-2H3,(H2,14,15). The first-order valence-corrected chi connectivity index (χ1v) is 8.18. The smallest absolute Gasteiger partial charge is 0.249 e. The number of furan rings is 1. The third kappa shape index (κ3) is 2.44. The number of nitrogens with zero attached hydrogens (tertiary/aromatic N) is 3. The molecule has 7 nitrogen and oxygen atoms in total. The summed E-state index contributed by atoms with van der Waals surface area (Å²) in [6.07, 6.45) is 3.26. The molecule has 2 aromatic rings. The monoisotopic (exact) mass is 310 g/mol.